The molecule has 2 aromatic carbocycles. The maximum absolute atomic E-state index is 13.6. The summed E-state index contributed by atoms with van der Waals surface area (Å²) in [5, 5.41) is 3.13. The minimum atomic E-state index is -0.521. The highest BCUT2D eigenvalue weighted by molar-refractivity contribution is 5.98. The molecule has 2 amide bonds. The number of rotatable bonds is 13. The van der Waals surface area contributed by atoms with Gasteiger partial charge in [-0.25, -0.2) is 0 Å². The number of piperidine rings is 1. The Balaban J connectivity index is 1.98. The topological polar surface area (TPSA) is 89.6 Å². The molecule has 1 heterocycles. The summed E-state index contributed by atoms with van der Waals surface area (Å²) in [4.78, 5) is 31.1. The number of amides is 2. The van der Waals surface area contributed by atoms with Gasteiger partial charge in [0.15, 0.2) is 11.5 Å². The first kappa shape index (κ1) is 29.1. The number of ether oxygens (including phenoxy) is 4. The van der Waals surface area contributed by atoms with Crippen molar-refractivity contribution in [2.24, 2.45) is 5.92 Å². The van der Waals surface area contributed by atoms with Crippen LogP contribution >= 0.6 is 0 Å². The third-order valence-electron chi connectivity index (χ3n) is 7.16. The predicted octanol–water partition coefficient (Wildman–Crippen LogP) is 4.05. The van der Waals surface area contributed by atoms with Crippen LogP contribution in [0.3, 0.4) is 0 Å². The lowest BCUT2D eigenvalue weighted by molar-refractivity contribution is -0.129. The molecule has 0 bridgehead atoms. The standard InChI is InChI=1S/C29H41N3O6/c1-7-31(8-2)17-9-16-30-29(34)23-14-15-26(33)32(27(23)20-10-12-22(35-3)13-11-20)21-18-24(36-4)28(38-6)25(19-21)37-5/h10-13,18-19,23,27H,7-9,14-17H2,1-6H3,(H,30,34)/t23-,27+/m0/s1. The van der Waals surface area contributed by atoms with Gasteiger partial charge in [-0.1, -0.05) is 26.0 Å². The fourth-order valence-corrected chi connectivity index (χ4v) is 5.05. The lowest BCUT2D eigenvalue weighted by Crippen LogP contribution is -2.48. The van der Waals surface area contributed by atoms with Crippen LogP contribution in [0, 0.1) is 5.92 Å². The van der Waals surface area contributed by atoms with Crippen molar-refractivity contribution < 1.29 is 28.5 Å². The van der Waals surface area contributed by atoms with Gasteiger partial charge < -0.3 is 34.1 Å². The predicted molar refractivity (Wildman–Crippen MR) is 147 cm³/mol. The van der Waals surface area contributed by atoms with Crippen LogP contribution in [0.4, 0.5) is 5.69 Å². The van der Waals surface area contributed by atoms with E-state index in [-0.39, 0.29) is 18.2 Å². The second-order valence-corrected chi connectivity index (χ2v) is 9.18. The minimum absolute atomic E-state index is 0.0599. The molecule has 0 radical (unpaired) electrons. The zero-order chi connectivity index (χ0) is 27.7. The lowest BCUT2D eigenvalue weighted by atomic mass is 9.83. The van der Waals surface area contributed by atoms with E-state index in [9.17, 15) is 9.59 Å². The zero-order valence-corrected chi connectivity index (χ0v) is 23.4. The van der Waals surface area contributed by atoms with Gasteiger partial charge in [0.1, 0.15) is 5.75 Å². The molecule has 2 aromatic rings. The van der Waals surface area contributed by atoms with Crippen molar-refractivity contribution >= 4 is 17.5 Å². The van der Waals surface area contributed by atoms with Gasteiger partial charge in [0.25, 0.3) is 0 Å². The molecule has 1 aliphatic heterocycles. The number of methoxy groups -OCH3 is 4. The van der Waals surface area contributed by atoms with E-state index in [2.05, 4.69) is 24.1 Å². The molecule has 1 N–H and O–H groups in total. The van der Waals surface area contributed by atoms with Gasteiger partial charge in [0, 0.05) is 25.1 Å². The Morgan fingerprint density at radius 2 is 1.61 bits per heavy atom. The summed E-state index contributed by atoms with van der Waals surface area (Å²) in [5.74, 6) is 1.44. The van der Waals surface area contributed by atoms with E-state index in [4.69, 9.17) is 18.9 Å². The summed E-state index contributed by atoms with van der Waals surface area (Å²) < 4.78 is 21.9. The van der Waals surface area contributed by atoms with Gasteiger partial charge in [0.05, 0.1) is 46.1 Å². The van der Waals surface area contributed by atoms with E-state index in [1.54, 1.807) is 24.1 Å². The molecule has 1 fully saturated rings. The van der Waals surface area contributed by atoms with Crippen LogP contribution in [0.25, 0.3) is 0 Å². The van der Waals surface area contributed by atoms with Crippen LogP contribution in [0.1, 0.15) is 44.7 Å². The molecule has 3 rings (SSSR count). The summed E-state index contributed by atoms with van der Waals surface area (Å²) in [5.41, 5.74) is 1.42. The average molecular weight is 528 g/mol. The van der Waals surface area contributed by atoms with Crippen molar-refractivity contribution in [3.05, 3.63) is 42.0 Å². The largest absolute Gasteiger partial charge is 0.497 e. The SMILES string of the molecule is CCN(CC)CCCNC(=O)[C@H]1CCC(=O)N(c2cc(OC)c(OC)c(OC)c2)[C@@H]1c1ccc(OC)cc1. The molecule has 9 heteroatoms. The Hall–Kier alpha value is -3.46. The number of hydrogen-bond donors (Lipinski definition) is 1. The van der Waals surface area contributed by atoms with Crippen molar-refractivity contribution in [2.45, 2.75) is 39.2 Å². The number of benzene rings is 2. The van der Waals surface area contributed by atoms with E-state index in [1.807, 2.05) is 24.3 Å². The molecule has 0 unspecified atom stereocenters. The van der Waals surface area contributed by atoms with Gasteiger partial charge in [-0.15, -0.1) is 0 Å². The Morgan fingerprint density at radius 1 is 0.974 bits per heavy atom. The number of carbonyl (C=O) groups excluding carboxylic acids is 2. The maximum Gasteiger partial charge on any atom is 0.227 e. The van der Waals surface area contributed by atoms with E-state index >= 15 is 0 Å². The zero-order valence-electron chi connectivity index (χ0n) is 23.4. The summed E-state index contributed by atoms with van der Waals surface area (Å²) >= 11 is 0. The lowest BCUT2D eigenvalue weighted by Gasteiger charge is -2.41. The van der Waals surface area contributed by atoms with Crippen molar-refractivity contribution in [3.63, 3.8) is 0 Å². The summed E-state index contributed by atoms with van der Waals surface area (Å²) in [6, 6.07) is 10.5. The van der Waals surface area contributed by atoms with Gasteiger partial charge in [0.2, 0.25) is 17.6 Å². The van der Waals surface area contributed by atoms with Gasteiger partial charge in [-0.3, -0.25) is 9.59 Å². The summed E-state index contributed by atoms with van der Waals surface area (Å²) in [7, 11) is 6.21. The molecule has 9 nitrogen and oxygen atoms in total. The second kappa shape index (κ2) is 13.9. The number of carbonyl (C=O) groups is 2. The molecule has 0 aliphatic carbocycles. The fraction of sp³-hybridized carbons (Fsp3) is 0.517. The molecule has 208 valence electrons. The number of anilines is 1. The molecular formula is C29H41N3O6. The average Bonchev–Trinajstić information content (AvgIpc) is 2.96. The Morgan fingerprint density at radius 3 is 2.13 bits per heavy atom. The first-order valence-electron chi connectivity index (χ1n) is 13.2. The molecule has 2 atom stereocenters. The summed E-state index contributed by atoms with van der Waals surface area (Å²) in [6.45, 7) is 7.75. The molecule has 1 aliphatic rings. The highest BCUT2D eigenvalue weighted by Crippen LogP contribution is 2.46. The van der Waals surface area contributed by atoms with Crippen molar-refractivity contribution in [2.75, 3.05) is 59.5 Å². The van der Waals surface area contributed by atoms with Gasteiger partial charge in [-0.2, -0.15) is 0 Å². The first-order chi connectivity index (χ1) is 18.4. The number of nitrogens with one attached hydrogen (secondary N) is 1. The molecule has 1 saturated heterocycles. The summed E-state index contributed by atoms with van der Waals surface area (Å²) in [6.07, 6.45) is 1.57. The quantitative estimate of drug-likeness (QED) is 0.393. The highest BCUT2D eigenvalue weighted by Gasteiger charge is 2.42. The minimum Gasteiger partial charge on any atom is -0.497 e. The Labute approximate surface area is 226 Å². The molecular weight excluding hydrogens is 486 g/mol. The third-order valence-corrected chi connectivity index (χ3v) is 7.16. The van der Waals surface area contributed by atoms with E-state index in [0.717, 1.165) is 31.6 Å². The number of hydrogen-bond acceptors (Lipinski definition) is 7. The van der Waals surface area contributed by atoms with Gasteiger partial charge >= 0.3 is 0 Å². The maximum atomic E-state index is 13.6. The van der Waals surface area contributed by atoms with Crippen LogP contribution in [0.5, 0.6) is 23.0 Å². The van der Waals surface area contributed by atoms with E-state index in [1.165, 1.54) is 21.3 Å². The third kappa shape index (κ3) is 6.51. The monoisotopic (exact) mass is 527 g/mol. The fourth-order valence-electron chi connectivity index (χ4n) is 5.05. The van der Waals surface area contributed by atoms with Crippen LogP contribution in [-0.2, 0) is 9.59 Å². The normalized spacial score (nSPS) is 17.3. The molecule has 0 saturated carbocycles. The van der Waals surface area contributed by atoms with Crippen molar-refractivity contribution in [1.29, 1.82) is 0 Å². The Bertz CT molecular complexity index is 1050. The Kier molecular flexibility index (Phi) is 10.6. The van der Waals surface area contributed by atoms with E-state index in [0.29, 0.717) is 41.7 Å². The van der Waals surface area contributed by atoms with Crippen LogP contribution < -0.4 is 29.2 Å². The van der Waals surface area contributed by atoms with E-state index < -0.39 is 12.0 Å². The molecule has 0 spiro atoms. The molecule has 0 aromatic heterocycles. The first-order valence-corrected chi connectivity index (χ1v) is 13.2. The van der Waals surface area contributed by atoms with Crippen molar-refractivity contribution in [1.82, 2.24) is 10.2 Å². The van der Waals surface area contributed by atoms with Crippen molar-refractivity contribution in [3.8, 4) is 23.0 Å². The van der Waals surface area contributed by atoms with Crippen LogP contribution in [-0.4, -0.2) is 71.3 Å². The van der Waals surface area contributed by atoms with Crippen LogP contribution in [0.2, 0.25) is 0 Å². The highest BCUT2D eigenvalue weighted by atomic mass is 16.5. The smallest absolute Gasteiger partial charge is 0.227 e. The second-order valence-electron chi connectivity index (χ2n) is 9.18. The molecule has 38 heavy (non-hydrogen) atoms. The van der Waals surface area contributed by atoms with Crippen LogP contribution in [0.15, 0.2) is 36.4 Å². The van der Waals surface area contributed by atoms with Gasteiger partial charge in [-0.05, 0) is 50.2 Å². The number of nitrogens with zero attached hydrogens (tertiary/aromatic N) is 2.